The van der Waals surface area contributed by atoms with Gasteiger partial charge in [0.15, 0.2) is 6.10 Å². The maximum atomic E-state index is 12.9. The maximum absolute atomic E-state index is 12.9. The summed E-state index contributed by atoms with van der Waals surface area (Å²) in [5, 5.41) is 0. The molecule has 0 aromatic carbocycles. The predicted octanol–water partition coefficient (Wildman–Crippen LogP) is 22.2. The summed E-state index contributed by atoms with van der Waals surface area (Å²) in [4.78, 5) is 38.3. The van der Waals surface area contributed by atoms with Crippen LogP contribution in [0.5, 0.6) is 0 Å². The van der Waals surface area contributed by atoms with Crippen LogP contribution in [0.15, 0.2) is 48.6 Å². The van der Waals surface area contributed by atoms with Crippen molar-refractivity contribution in [3.8, 4) is 0 Å². The van der Waals surface area contributed by atoms with E-state index >= 15 is 0 Å². The van der Waals surface area contributed by atoms with Crippen molar-refractivity contribution in [3.63, 3.8) is 0 Å². The molecule has 0 unspecified atom stereocenters. The highest BCUT2D eigenvalue weighted by atomic mass is 16.6. The molecule has 0 radical (unpaired) electrons. The van der Waals surface area contributed by atoms with Gasteiger partial charge in [-0.2, -0.15) is 0 Å². The Hall–Kier alpha value is -2.63. The summed E-state index contributed by atoms with van der Waals surface area (Å²) >= 11 is 0. The van der Waals surface area contributed by atoms with E-state index in [0.29, 0.717) is 19.3 Å². The van der Waals surface area contributed by atoms with E-state index in [9.17, 15) is 14.4 Å². The van der Waals surface area contributed by atoms with Crippen molar-refractivity contribution < 1.29 is 28.6 Å². The van der Waals surface area contributed by atoms with Crippen LogP contribution in [0.25, 0.3) is 0 Å². The first-order valence-corrected chi connectivity index (χ1v) is 32.6. The monoisotopic (exact) mass is 1040 g/mol. The average Bonchev–Trinajstić information content (AvgIpc) is 3.40. The number of ether oxygens (including phenoxy) is 3. The number of esters is 3. The van der Waals surface area contributed by atoms with Gasteiger partial charge in [-0.15, -0.1) is 0 Å². The molecule has 0 fully saturated rings. The van der Waals surface area contributed by atoms with Crippen molar-refractivity contribution >= 4 is 17.9 Å². The number of carbonyl (C=O) groups is 3. The molecule has 74 heavy (non-hydrogen) atoms. The molecule has 0 N–H and O–H groups in total. The van der Waals surface area contributed by atoms with Gasteiger partial charge in [-0.25, -0.2) is 0 Å². The zero-order valence-electron chi connectivity index (χ0n) is 49.6. The lowest BCUT2D eigenvalue weighted by Crippen LogP contribution is -2.30. The molecule has 6 heteroatoms. The number of allylic oxidation sites excluding steroid dienone is 8. The molecule has 0 saturated heterocycles. The van der Waals surface area contributed by atoms with Crippen molar-refractivity contribution in [1.29, 1.82) is 0 Å². The Morgan fingerprint density at radius 1 is 0.270 bits per heavy atom. The lowest BCUT2D eigenvalue weighted by Gasteiger charge is -2.18. The summed E-state index contributed by atoms with van der Waals surface area (Å²) in [6.07, 6.45) is 78.3. The van der Waals surface area contributed by atoms with Gasteiger partial charge in [0.25, 0.3) is 0 Å². The SMILES string of the molecule is CCCCC/C=C/C/C=C/C/C=C/C/C=C/CCCCCC(=O)OC[C@@H](COC(=O)CCCCCCCCCCCCCCCCCCCC)OC(=O)CCCCCCCCCCCCCCCCCCCCC. The van der Waals surface area contributed by atoms with Crippen LogP contribution >= 0.6 is 0 Å². The van der Waals surface area contributed by atoms with Gasteiger partial charge in [0, 0.05) is 19.3 Å². The van der Waals surface area contributed by atoms with Crippen LogP contribution in [0.3, 0.4) is 0 Å². The lowest BCUT2D eigenvalue weighted by atomic mass is 10.0. The topological polar surface area (TPSA) is 78.9 Å². The van der Waals surface area contributed by atoms with Gasteiger partial charge >= 0.3 is 17.9 Å². The fourth-order valence-electron chi connectivity index (χ4n) is 9.67. The summed E-state index contributed by atoms with van der Waals surface area (Å²) in [6.45, 7) is 6.65. The number of hydrogen-bond acceptors (Lipinski definition) is 6. The van der Waals surface area contributed by atoms with E-state index in [1.807, 2.05) is 0 Å². The summed E-state index contributed by atoms with van der Waals surface area (Å²) in [5.41, 5.74) is 0. The zero-order valence-corrected chi connectivity index (χ0v) is 49.6. The maximum Gasteiger partial charge on any atom is 0.306 e. The quantitative estimate of drug-likeness (QED) is 0.0261. The Bertz CT molecular complexity index is 1280. The molecule has 0 saturated carbocycles. The molecule has 0 amide bonds. The van der Waals surface area contributed by atoms with Crippen LogP contribution < -0.4 is 0 Å². The van der Waals surface area contributed by atoms with Gasteiger partial charge in [0.1, 0.15) is 13.2 Å². The van der Waals surface area contributed by atoms with Crippen LogP contribution in [0, 0.1) is 0 Å². The van der Waals surface area contributed by atoms with Crippen LogP contribution in [-0.2, 0) is 28.6 Å². The average molecular weight is 1040 g/mol. The first-order chi connectivity index (χ1) is 36.5. The van der Waals surface area contributed by atoms with E-state index in [4.69, 9.17) is 14.2 Å². The normalized spacial score (nSPS) is 12.3. The van der Waals surface area contributed by atoms with Gasteiger partial charge < -0.3 is 14.2 Å². The van der Waals surface area contributed by atoms with Gasteiger partial charge in [0.2, 0.25) is 0 Å². The fraction of sp³-hybridized carbons (Fsp3) is 0.838. The summed E-state index contributed by atoms with van der Waals surface area (Å²) in [5.74, 6) is -0.885. The molecule has 0 rings (SSSR count). The molecule has 6 nitrogen and oxygen atoms in total. The van der Waals surface area contributed by atoms with Gasteiger partial charge in [-0.05, 0) is 64.2 Å². The van der Waals surface area contributed by atoms with Crippen LogP contribution in [0.2, 0.25) is 0 Å². The standard InChI is InChI=1S/C68H124O6/c1-4-7-10-13-16-19-22-25-28-31-34-37-40-43-46-49-52-55-58-61-67(70)73-64-65(63-72-66(69)60-57-54-51-48-45-42-39-36-33-30-27-24-21-18-15-12-9-6-3)74-68(71)62-59-56-53-50-47-44-41-38-35-32-29-26-23-20-17-14-11-8-5-2/h16,19,25,28,34,37,43,46,65H,4-15,17-18,20-24,26-27,29-33,35-36,38-42,44-45,47-64H2,1-3H3/b19-16+,28-25+,37-34+,46-43+/t65-/m1/s1. The third-order valence-electron chi connectivity index (χ3n) is 14.6. The highest BCUT2D eigenvalue weighted by Gasteiger charge is 2.19. The molecule has 0 bridgehead atoms. The Morgan fingerprint density at radius 2 is 0.486 bits per heavy atom. The molecule has 1 atom stereocenters. The number of carbonyl (C=O) groups excluding carboxylic acids is 3. The third kappa shape index (κ3) is 60.2. The first kappa shape index (κ1) is 71.4. The van der Waals surface area contributed by atoms with E-state index in [0.717, 1.165) is 83.5 Å². The molecule has 432 valence electrons. The smallest absolute Gasteiger partial charge is 0.306 e. The summed E-state index contributed by atoms with van der Waals surface area (Å²) in [7, 11) is 0. The Labute approximate surface area is 460 Å². The lowest BCUT2D eigenvalue weighted by molar-refractivity contribution is -0.167. The second-order valence-electron chi connectivity index (χ2n) is 22.0. The molecule has 0 aliphatic rings. The van der Waals surface area contributed by atoms with E-state index in [1.54, 1.807) is 0 Å². The second kappa shape index (κ2) is 62.9. The Morgan fingerprint density at radius 3 is 0.784 bits per heavy atom. The van der Waals surface area contributed by atoms with E-state index < -0.39 is 6.10 Å². The molecular weight excluding hydrogens is 913 g/mol. The van der Waals surface area contributed by atoms with Crippen molar-refractivity contribution in [2.45, 2.75) is 354 Å². The molecule has 0 spiro atoms. The second-order valence-corrected chi connectivity index (χ2v) is 22.0. The fourth-order valence-corrected chi connectivity index (χ4v) is 9.67. The predicted molar refractivity (Wildman–Crippen MR) is 321 cm³/mol. The number of hydrogen-bond donors (Lipinski definition) is 0. The Balaban J connectivity index is 4.38. The van der Waals surface area contributed by atoms with E-state index in [1.165, 1.54) is 225 Å². The largest absolute Gasteiger partial charge is 0.462 e. The number of rotatable bonds is 60. The van der Waals surface area contributed by atoms with Gasteiger partial charge in [-0.1, -0.05) is 313 Å². The van der Waals surface area contributed by atoms with E-state index in [-0.39, 0.29) is 31.1 Å². The molecule has 0 aliphatic carbocycles. The summed E-state index contributed by atoms with van der Waals surface area (Å²) in [6, 6.07) is 0. The van der Waals surface area contributed by atoms with Gasteiger partial charge in [-0.3, -0.25) is 14.4 Å². The Kier molecular flexibility index (Phi) is 60.7. The minimum Gasteiger partial charge on any atom is -0.462 e. The van der Waals surface area contributed by atoms with Crippen molar-refractivity contribution in [2.75, 3.05) is 13.2 Å². The van der Waals surface area contributed by atoms with Crippen LogP contribution in [0.4, 0.5) is 0 Å². The summed E-state index contributed by atoms with van der Waals surface area (Å²) < 4.78 is 16.9. The van der Waals surface area contributed by atoms with Gasteiger partial charge in [0.05, 0.1) is 0 Å². The number of unbranched alkanes of at least 4 members (excludes halogenated alkanes) is 41. The third-order valence-corrected chi connectivity index (χ3v) is 14.6. The minimum absolute atomic E-state index is 0.0782. The van der Waals surface area contributed by atoms with Crippen LogP contribution in [0.1, 0.15) is 348 Å². The highest BCUT2D eigenvalue weighted by molar-refractivity contribution is 5.71. The minimum atomic E-state index is -0.784. The molecular formula is C68H124O6. The molecule has 0 aromatic rings. The van der Waals surface area contributed by atoms with Crippen molar-refractivity contribution in [3.05, 3.63) is 48.6 Å². The van der Waals surface area contributed by atoms with Crippen molar-refractivity contribution in [2.24, 2.45) is 0 Å². The van der Waals surface area contributed by atoms with Crippen LogP contribution in [-0.4, -0.2) is 37.2 Å². The zero-order chi connectivity index (χ0) is 53.6. The molecule has 0 aliphatic heterocycles. The molecule has 0 aromatic heterocycles. The van der Waals surface area contributed by atoms with E-state index in [2.05, 4.69) is 69.4 Å². The first-order valence-electron chi connectivity index (χ1n) is 32.6. The molecule has 0 heterocycles. The highest BCUT2D eigenvalue weighted by Crippen LogP contribution is 2.18. The van der Waals surface area contributed by atoms with Crippen molar-refractivity contribution in [1.82, 2.24) is 0 Å².